The summed E-state index contributed by atoms with van der Waals surface area (Å²) in [4.78, 5) is 25.3. The Hall–Kier alpha value is -1.88. The molecule has 0 saturated carbocycles. The molecule has 0 aliphatic carbocycles. The molecule has 0 spiro atoms. The van der Waals surface area contributed by atoms with E-state index in [1.165, 1.54) is 0 Å². The molecular formula is C21H32O5. The number of ether oxygens (including phenoxy) is 2. The summed E-state index contributed by atoms with van der Waals surface area (Å²) >= 11 is 0. The SMILES string of the molecule is CC(C)C[C@@](CCO)(CC(=O)OC(C)(C)C)C(=O)OCc1ccccc1. The molecule has 0 aliphatic heterocycles. The van der Waals surface area contributed by atoms with Crippen LogP contribution < -0.4 is 0 Å². The smallest absolute Gasteiger partial charge is 0.313 e. The fourth-order valence-electron chi connectivity index (χ4n) is 3.05. The number of benzene rings is 1. The monoisotopic (exact) mass is 364 g/mol. The third-order valence-corrected chi connectivity index (χ3v) is 3.94. The third kappa shape index (κ3) is 7.56. The van der Waals surface area contributed by atoms with Crippen LogP contribution in [0.2, 0.25) is 0 Å². The van der Waals surface area contributed by atoms with E-state index in [0.29, 0.717) is 6.42 Å². The van der Waals surface area contributed by atoms with Gasteiger partial charge in [0.05, 0.1) is 11.8 Å². The van der Waals surface area contributed by atoms with Gasteiger partial charge >= 0.3 is 11.9 Å². The highest BCUT2D eigenvalue weighted by Gasteiger charge is 2.43. The molecule has 0 saturated heterocycles. The molecule has 0 fully saturated rings. The number of carbonyl (C=O) groups excluding carboxylic acids is 2. The van der Waals surface area contributed by atoms with Crippen LogP contribution in [-0.4, -0.2) is 29.3 Å². The van der Waals surface area contributed by atoms with Gasteiger partial charge in [-0.2, -0.15) is 0 Å². The molecule has 0 aliphatic rings. The maximum Gasteiger partial charge on any atom is 0.313 e. The average molecular weight is 364 g/mol. The second-order valence-electron chi connectivity index (χ2n) is 8.18. The van der Waals surface area contributed by atoms with E-state index in [1.54, 1.807) is 20.8 Å². The van der Waals surface area contributed by atoms with Gasteiger partial charge in [0.1, 0.15) is 12.2 Å². The Morgan fingerprint density at radius 1 is 1.12 bits per heavy atom. The molecule has 1 atom stereocenters. The number of aliphatic hydroxyl groups is 1. The first kappa shape index (κ1) is 22.2. The van der Waals surface area contributed by atoms with Crippen LogP contribution in [0.4, 0.5) is 0 Å². The van der Waals surface area contributed by atoms with Gasteiger partial charge in [0.15, 0.2) is 0 Å². The molecule has 0 radical (unpaired) electrons. The van der Waals surface area contributed by atoms with E-state index in [4.69, 9.17) is 9.47 Å². The van der Waals surface area contributed by atoms with Crippen LogP contribution in [0.15, 0.2) is 30.3 Å². The molecule has 1 aromatic carbocycles. The quantitative estimate of drug-likeness (QED) is 0.673. The van der Waals surface area contributed by atoms with Gasteiger partial charge < -0.3 is 14.6 Å². The Labute approximate surface area is 156 Å². The fourth-order valence-corrected chi connectivity index (χ4v) is 3.05. The summed E-state index contributed by atoms with van der Waals surface area (Å²) in [7, 11) is 0. The predicted octanol–water partition coefficient (Wildman–Crippen LogP) is 3.88. The first-order valence-electron chi connectivity index (χ1n) is 9.12. The van der Waals surface area contributed by atoms with Crippen molar-refractivity contribution in [3.63, 3.8) is 0 Å². The lowest BCUT2D eigenvalue weighted by molar-refractivity contribution is -0.170. The molecule has 0 bridgehead atoms. The van der Waals surface area contributed by atoms with E-state index in [9.17, 15) is 14.7 Å². The molecular weight excluding hydrogens is 332 g/mol. The summed E-state index contributed by atoms with van der Waals surface area (Å²) in [6.07, 6.45) is 0.509. The molecule has 5 nitrogen and oxygen atoms in total. The second-order valence-corrected chi connectivity index (χ2v) is 8.18. The lowest BCUT2D eigenvalue weighted by Crippen LogP contribution is -2.39. The van der Waals surface area contributed by atoms with Crippen molar-refractivity contribution >= 4 is 11.9 Å². The van der Waals surface area contributed by atoms with Crippen LogP contribution in [0.5, 0.6) is 0 Å². The van der Waals surface area contributed by atoms with Crippen LogP contribution in [0.25, 0.3) is 0 Å². The van der Waals surface area contributed by atoms with Crippen molar-refractivity contribution in [2.24, 2.45) is 11.3 Å². The van der Waals surface area contributed by atoms with Gasteiger partial charge in [0, 0.05) is 6.61 Å². The van der Waals surface area contributed by atoms with Crippen LogP contribution in [0, 0.1) is 11.3 Å². The Morgan fingerprint density at radius 3 is 2.23 bits per heavy atom. The molecule has 1 rings (SSSR count). The van der Waals surface area contributed by atoms with Crippen molar-refractivity contribution in [1.82, 2.24) is 0 Å². The van der Waals surface area contributed by atoms with Crippen molar-refractivity contribution in [1.29, 1.82) is 0 Å². The van der Waals surface area contributed by atoms with Gasteiger partial charge in [0.25, 0.3) is 0 Å². The Kier molecular flexibility index (Phi) is 8.28. The van der Waals surface area contributed by atoms with E-state index < -0.39 is 23.0 Å². The van der Waals surface area contributed by atoms with Crippen LogP contribution in [0.1, 0.15) is 59.4 Å². The summed E-state index contributed by atoms with van der Waals surface area (Å²) < 4.78 is 10.9. The zero-order chi connectivity index (χ0) is 19.8. The maximum absolute atomic E-state index is 12.9. The van der Waals surface area contributed by atoms with Crippen molar-refractivity contribution in [2.75, 3.05) is 6.61 Å². The summed E-state index contributed by atoms with van der Waals surface area (Å²) in [6, 6.07) is 9.38. The molecule has 0 heterocycles. The first-order chi connectivity index (χ1) is 12.1. The van der Waals surface area contributed by atoms with Crippen LogP contribution in [-0.2, 0) is 25.7 Å². The van der Waals surface area contributed by atoms with Gasteiger partial charge in [-0.25, -0.2) is 0 Å². The summed E-state index contributed by atoms with van der Waals surface area (Å²) in [5, 5.41) is 9.53. The van der Waals surface area contributed by atoms with E-state index >= 15 is 0 Å². The number of esters is 2. The zero-order valence-electron chi connectivity index (χ0n) is 16.6. The Morgan fingerprint density at radius 2 is 1.73 bits per heavy atom. The number of hydrogen-bond acceptors (Lipinski definition) is 5. The van der Waals surface area contributed by atoms with E-state index in [-0.39, 0.29) is 32.0 Å². The molecule has 0 amide bonds. The summed E-state index contributed by atoms with van der Waals surface area (Å²) in [5.74, 6) is -0.758. The molecule has 26 heavy (non-hydrogen) atoms. The topological polar surface area (TPSA) is 72.8 Å². The molecule has 1 N–H and O–H groups in total. The molecule has 146 valence electrons. The minimum absolute atomic E-state index is 0.101. The first-order valence-corrected chi connectivity index (χ1v) is 9.12. The molecule has 5 heteroatoms. The average Bonchev–Trinajstić information content (AvgIpc) is 2.51. The number of aliphatic hydroxyl groups excluding tert-OH is 1. The third-order valence-electron chi connectivity index (χ3n) is 3.94. The minimum atomic E-state index is -1.08. The van der Waals surface area contributed by atoms with Crippen LogP contribution in [0.3, 0.4) is 0 Å². The van der Waals surface area contributed by atoms with E-state index in [2.05, 4.69) is 0 Å². The summed E-state index contributed by atoms with van der Waals surface area (Å²) in [5.41, 5.74) is -0.839. The minimum Gasteiger partial charge on any atom is -0.460 e. The van der Waals surface area contributed by atoms with Crippen molar-refractivity contribution in [2.45, 2.75) is 66.1 Å². The summed E-state index contributed by atoms with van der Waals surface area (Å²) in [6.45, 7) is 9.25. The Bertz CT molecular complexity index is 574. The number of carbonyl (C=O) groups is 2. The standard InChI is InChI=1S/C21H32O5/c1-16(2)13-21(11-12-22,14-18(23)26-20(3,4)5)19(24)25-15-17-9-7-6-8-10-17/h6-10,16,22H,11-15H2,1-5H3/t21-/m0/s1. The second kappa shape index (κ2) is 9.72. The highest BCUT2D eigenvalue weighted by molar-refractivity contribution is 5.83. The van der Waals surface area contributed by atoms with E-state index in [1.807, 2.05) is 44.2 Å². The van der Waals surface area contributed by atoms with Gasteiger partial charge in [-0.1, -0.05) is 44.2 Å². The molecule has 0 aromatic heterocycles. The van der Waals surface area contributed by atoms with Gasteiger partial charge in [-0.3, -0.25) is 9.59 Å². The van der Waals surface area contributed by atoms with Crippen molar-refractivity contribution in [3.05, 3.63) is 35.9 Å². The van der Waals surface area contributed by atoms with Crippen molar-refractivity contribution < 1.29 is 24.2 Å². The lowest BCUT2D eigenvalue weighted by Gasteiger charge is -2.33. The van der Waals surface area contributed by atoms with Crippen molar-refractivity contribution in [3.8, 4) is 0 Å². The fraction of sp³-hybridized carbons (Fsp3) is 0.619. The molecule has 0 unspecified atom stereocenters. The highest BCUT2D eigenvalue weighted by atomic mass is 16.6. The highest BCUT2D eigenvalue weighted by Crippen LogP contribution is 2.37. The number of hydrogen-bond donors (Lipinski definition) is 1. The zero-order valence-corrected chi connectivity index (χ0v) is 16.6. The normalized spacial score (nSPS) is 14.0. The van der Waals surface area contributed by atoms with Gasteiger partial charge in [-0.15, -0.1) is 0 Å². The largest absolute Gasteiger partial charge is 0.460 e. The van der Waals surface area contributed by atoms with E-state index in [0.717, 1.165) is 5.56 Å². The van der Waals surface area contributed by atoms with Gasteiger partial charge in [-0.05, 0) is 45.1 Å². The lowest BCUT2D eigenvalue weighted by atomic mass is 9.74. The maximum atomic E-state index is 12.9. The van der Waals surface area contributed by atoms with Gasteiger partial charge in [0.2, 0.25) is 0 Å². The number of rotatable bonds is 9. The van der Waals surface area contributed by atoms with Crippen LogP contribution >= 0.6 is 0 Å². The Balaban J connectivity index is 2.96. The predicted molar refractivity (Wildman–Crippen MR) is 100 cm³/mol. The molecule has 1 aromatic rings.